The van der Waals surface area contributed by atoms with Gasteiger partial charge in [-0.3, -0.25) is 0 Å². The molecule has 3 nitrogen and oxygen atoms in total. The number of halogens is 2. The molecule has 1 aromatic heterocycles. The number of rotatable bonds is 1. The number of hydrazine groups is 1. The second-order valence-electron chi connectivity index (χ2n) is 5.24. The third-order valence-corrected chi connectivity index (χ3v) is 3.60. The topological polar surface area (TPSA) is 50.9 Å². The number of hydrogen-bond donors (Lipinski definition) is 2. The van der Waals surface area contributed by atoms with E-state index in [1.807, 2.05) is 12.1 Å². The summed E-state index contributed by atoms with van der Waals surface area (Å²) in [6.45, 7) is 6.36. The lowest BCUT2D eigenvalue weighted by Crippen LogP contribution is -2.19. The van der Waals surface area contributed by atoms with Gasteiger partial charge in [0.15, 0.2) is 0 Å². The normalized spacial score (nSPS) is 11.9. The molecule has 0 unspecified atom stereocenters. The first-order valence-electron chi connectivity index (χ1n) is 5.60. The Morgan fingerprint density at radius 2 is 1.94 bits per heavy atom. The predicted molar refractivity (Wildman–Crippen MR) is 81.0 cm³/mol. The molecule has 2 aromatic rings. The zero-order chi connectivity index (χ0) is 13.5. The van der Waals surface area contributed by atoms with Crippen LogP contribution in [-0.2, 0) is 5.41 Å². The number of anilines is 1. The lowest BCUT2D eigenvalue weighted by atomic mass is 9.86. The summed E-state index contributed by atoms with van der Waals surface area (Å²) in [5.74, 6) is 6.26. The van der Waals surface area contributed by atoms with Gasteiger partial charge < -0.3 is 5.43 Å². The van der Waals surface area contributed by atoms with Gasteiger partial charge in [-0.15, -0.1) is 0 Å². The van der Waals surface area contributed by atoms with Gasteiger partial charge in [-0.1, -0.05) is 32.4 Å². The summed E-state index contributed by atoms with van der Waals surface area (Å²) < 4.78 is 0.863. The van der Waals surface area contributed by atoms with Crippen LogP contribution < -0.4 is 11.3 Å². The number of nitrogens with two attached hydrogens (primary N) is 1. The van der Waals surface area contributed by atoms with Crippen molar-refractivity contribution in [2.45, 2.75) is 26.2 Å². The Hall–Kier alpha value is -0.840. The molecule has 96 valence electrons. The van der Waals surface area contributed by atoms with Crippen LogP contribution >= 0.6 is 27.5 Å². The van der Waals surface area contributed by atoms with Crippen molar-refractivity contribution < 1.29 is 0 Å². The zero-order valence-corrected chi connectivity index (χ0v) is 12.9. The molecule has 3 N–H and O–H groups in total. The van der Waals surface area contributed by atoms with Crippen LogP contribution in [0.15, 0.2) is 22.7 Å². The van der Waals surface area contributed by atoms with Crippen molar-refractivity contribution in [3.63, 3.8) is 0 Å². The van der Waals surface area contributed by atoms with Crippen LogP contribution in [0.1, 0.15) is 26.3 Å². The molecule has 0 saturated carbocycles. The molecule has 2 rings (SSSR count). The van der Waals surface area contributed by atoms with E-state index in [2.05, 4.69) is 53.2 Å². The Kier molecular flexibility index (Phi) is 3.54. The second kappa shape index (κ2) is 4.68. The monoisotopic (exact) mass is 327 g/mol. The van der Waals surface area contributed by atoms with Crippen molar-refractivity contribution in [2.24, 2.45) is 5.84 Å². The van der Waals surface area contributed by atoms with Crippen LogP contribution in [0.2, 0.25) is 5.02 Å². The van der Waals surface area contributed by atoms with Gasteiger partial charge in [0, 0.05) is 20.4 Å². The minimum absolute atomic E-state index is 0.0440. The number of nitrogen functional groups attached to an aromatic ring is 1. The molecule has 0 aliphatic heterocycles. The predicted octanol–water partition coefficient (Wildman–Crippen LogP) is 4.23. The van der Waals surface area contributed by atoms with Gasteiger partial charge >= 0.3 is 0 Å². The van der Waals surface area contributed by atoms with Gasteiger partial charge in [0.05, 0.1) is 5.52 Å². The van der Waals surface area contributed by atoms with Gasteiger partial charge in [-0.25, -0.2) is 10.8 Å². The molecule has 0 fully saturated rings. The lowest BCUT2D eigenvalue weighted by Gasteiger charge is -2.22. The number of aromatic nitrogens is 1. The fourth-order valence-electron chi connectivity index (χ4n) is 1.89. The average molecular weight is 329 g/mol. The summed E-state index contributed by atoms with van der Waals surface area (Å²) in [5, 5.41) is 1.68. The van der Waals surface area contributed by atoms with Gasteiger partial charge in [0.1, 0.15) is 5.82 Å². The molecule has 0 atom stereocenters. The van der Waals surface area contributed by atoms with E-state index in [1.54, 1.807) is 0 Å². The van der Waals surface area contributed by atoms with Crippen LogP contribution in [-0.4, -0.2) is 4.98 Å². The SMILES string of the molecule is CC(C)(C)c1cc2cc(Cl)cc(Br)c2nc1NN. The first kappa shape index (κ1) is 13.6. The molecule has 0 amide bonds. The first-order valence-corrected chi connectivity index (χ1v) is 6.77. The minimum Gasteiger partial charge on any atom is -0.308 e. The summed E-state index contributed by atoms with van der Waals surface area (Å²) in [6.07, 6.45) is 0. The number of nitrogens with zero attached hydrogens (tertiary/aromatic N) is 1. The van der Waals surface area contributed by atoms with Crippen molar-refractivity contribution >= 4 is 44.3 Å². The van der Waals surface area contributed by atoms with E-state index in [0.29, 0.717) is 10.8 Å². The van der Waals surface area contributed by atoms with Crippen LogP contribution in [0.5, 0.6) is 0 Å². The Balaban J connectivity index is 2.81. The van der Waals surface area contributed by atoms with Crippen molar-refractivity contribution in [3.05, 3.63) is 33.3 Å². The lowest BCUT2D eigenvalue weighted by molar-refractivity contribution is 0.590. The standard InChI is InChI=1S/C13H15BrClN3/c1-13(2,3)9-5-7-4-8(15)6-10(14)11(7)17-12(9)18-16/h4-6H,16H2,1-3H3,(H,17,18). The molecule has 5 heteroatoms. The Morgan fingerprint density at radius 1 is 1.28 bits per heavy atom. The molecule has 0 saturated heterocycles. The molecule has 1 aromatic carbocycles. The number of hydrogen-bond acceptors (Lipinski definition) is 3. The second-order valence-corrected chi connectivity index (χ2v) is 6.53. The highest BCUT2D eigenvalue weighted by Crippen LogP contribution is 2.34. The van der Waals surface area contributed by atoms with Crippen molar-refractivity contribution in [2.75, 3.05) is 5.43 Å². The van der Waals surface area contributed by atoms with Crippen molar-refractivity contribution in [1.29, 1.82) is 0 Å². The van der Waals surface area contributed by atoms with E-state index < -0.39 is 0 Å². The molecule has 0 radical (unpaired) electrons. The van der Waals surface area contributed by atoms with Gasteiger partial charge in [-0.05, 0) is 39.5 Å². The highest BCUT2D eigenvalue weighted by atomic mass is 79.9. The third kappa shape index (κ3) is 2.46. The zero-order valence-electron chi connectivity index (χ0n) is 10.5. The van der Waals surface area contributed by atoms with Crippen LogP contribution in [0, 0.1) is 0 Å². The van der Waals surface area contributed by atoms with Crippen molar-refractivity contribution in [3.8, 4) is 0 Å². The maximum Gasteiger partial charge on any atom is 0.144 e. The summed E-state index contributed by atoms with van der Waals surface area (Å²) in [7, 11) is 0. The van der Waals surface area contributed by atoms with E-state index >= 15 is 0 Å². The fraction of sp³-hybridized carbons (Fsp3) is 0.308. The average Bonchev–Trinajstić information content (AvgIpc) is 2.26. The Labute approximate surface area is 120 Å². The van der Waals surface area contributed by atoms with E-state index in [4.69, 9.17) is 17.4 Å². The van der Waals surface area contributed by atoms with Gasteiger partial charge in [-0.2, -0.15) is 0 Å². The molecule has 0 aliphatic rings. The van der Waals surface area contributed by atoms with Crippen LogP contribution in [0.4, 0.5) is 5.82 Å². The summed E-state index contributed by atoms with van der Waals surface area (Å²) in [5.41, 5.74) is 4.54. The molecule has 1 heterocycles. The quantitative estimate of drug-likeness (QED) is 0.608. The highest BCUT2D eigenvalue weighted by Gasteiger charge is 2.20. The van der Waals surface area contributed by atoms with Crippen LogP contribution in [0.3, 0.4) is 0 Å². The summed E-state index contributed by atoms with van der Waals surface area (Å²) in [6, 6.07) is 5.81. The van der Waals surface area contributed by atoms with E-state index in [9.17, 15) is 0 Å². The van der Waals surface area contributed by atoms with E-state index in [0.717, 1.165) is 20.9 Å². The Bertz CT molecular complexity index is 605. The third-order valence-electron chi connectivity index (χ3n) is 2.78. The molecule has 0 spiro atoms. The highest BCUT2D eigenvalue weighted by molar-refractivity contribution is 9.10. The molecule has 0 bridgehead atoms. The molecular weight excluding hydrogens is 314 g/mol. The number of benzene rings is 1. The largest absolute Gasteiger partial charge is 0.308 e. The smallest absolute Gasteiger partial charge is 0.144 e. The summed E-state index contributed by atoms with van der Waals surface area (Å²) in [4.78, 5) is 4.56. The molecule has 18 heavy (non-hydrogen) atoms. The summed E-state index contributed by atoms with van der Waals surface area (Å²) >= 11 is 9.54. The molecule has 0 aliphatic carbocycles. The first-order chi connectivity index (χ1) is 8.32. The van der Waals surface area contributed by atoms with E-state index in [1.165, 1.54) is 0 Å². The van der Waals surface area contributed by atoms with Crippen LogP contribution in [0.25, 0.3) is 10.9 Å². The van der Waals surface area contributed by atoms with E-state index in [-0.39, 0.29) is 5.41 Å². The Morgan fingerprint density at radius 3 is 2.50 bits per heavy atom. The maximum atomic E-state index is 6.07. The minimum atomic E-state index is -0.0440. The fourth-order valence-corrected chi connectivity index (χ4v) is 2.81. The van der Waals surface area contributed by atoms with Gasteiger partial charge in [0.2, 0.25) is 0 Å². The number of pyridine rings is 1. The maximum absolute atomic E-state index is 6.07. The molecular formula is C13H15BrClN3. The van der Waals surface area contributed by atoms with Gasteiger partial charge in [0.25, 0.3) is 0 Å². The number of fused-ring (bicyclic) bond motifs is 1. The van der Waals surface area contributed by atoms with Crippen molar-refractivity contribution in [1.82, 2.24) is 4.98 Å². The number of nitrogens with one attached hydrogen (secondary N) is 1.